The molecule has 0 aromatic carbocycles. The predicted octanol–water partition coefficient (Wildman–Crippen LogP) is -3.57. The molecule has 9 fully saturated rings. The van der Waals surface area contributed by atoms with E-state index in [9.17, 15) is 81.7 Å². The summed E-state index contributed by atoms with van der Waals surface area (Å²) in [6.07, 6.45) is -31.0. The average molecular weight is 1240 g/mol. The van der Waals surface area contributed by atoms with Crippen molar-refractivity contribution in [2.75, 3.05) is 33.0 Å². The Labute approximate surface area is 499 Å². The number of carbonyl (C=O) groups is 1. The highest BCUT2D eigenvalue weighted by molar-refractivity contribution is 5.79. The predicted molar refractivity (Wildman–Crippen MR) is 289 cm³/mol. The van der Waals surface area contributed by atoms with Gasteiger partial charge >= 0.3 is 5.97 Å². The third-order valence-electron chi connectivity index (χ3n) is 23.2. The van der Waals surface area contributed by atoms with Crippen LogP contribution in [0.3, 0.4) is 0 Å². The number of aliphatic hydroxyl groups is 16. The van der Waals surface area contributed by atoms with Crippen LogP contribution in [0.5, 0.6) is 0 Å². The van der Waals surface area contributed by atoms with Crippen LogP contribution < -0.4 is 0 Å². The number of fused-ring (bicyclic) bond motifs is 7. The highest BCUT2D eigenvalue weighted by Crippen LogP contribution is 2.76. The van der Waals surface area contributed by atoms with Gasteiger partial charge in [0.15, 0.2) is 25.2 Å². The van der Waals surface area contributed by atoms with Gasteiger partial charge in [-0.25, -0.2) is 0 Å². The molecule has 4 saturated carbocycles. The van der Waals surface area contributed by atoms with E-state index < -0.39 is 196 Å². The van der Waals surface area contributed by atoms with Crippen LogP contribution in [-0.4, -0.2) is 274 Å². The molecule has 5 heterocycles. The first-order valence-corrected chi connectivity index (χ1v) is 30.8. The van der Waals surface area contributed by atoms with Gasteiger partial charge in [0.1, 0.15) is 110 Å². The Balaban J connectivity index is 0.832. The minimum Gasteiger partial charge on any atom is -0.432 e. The molecule has 494 valence electrons. The molecule has 0 radical (unpaired) electrons. The molecule has 33 unspecified atom stereocenters. The zero-order valence-corrected chi connectivity index (χ0v) is 50.0. The third kappa shape index (κ3) is 11.3. The fourth-order valence-electron chi connectivity index (χ4n) is 17.5. The molecular formula is C59H96O27. The van der Waals surface area contributed by atoms with Gasteiger partial charge in [-0.15, -0.1) is 0 Å². The molecular weight excluding hydrogens is 1140 g/mol. The fraction of sp³-hybridized carbons (Fsp3) is 0.949. The Hall–Kier alpha value is -1.79. The molecule has 0 aromatic heterocycles. The Morgan fingerprint density at radius 1 is 0.558 bits per heavy atom. The Bertz CT molecular complexity index is 2390. The second-order valence-electron chi connectivity index (χ2n) is 28.5. The molecule has 16 N–H and O–H groups in total. The topological polar surface area (TPSA) is 433 Å². The van der Waals surface area contributed by atoms with E-state index in [0.717, 1.165) is 6.42 Å². The Morgan fingerprint density at radius 2 is 1.10 bits per heavy atom. The fourth-order valence-corrected chi connectivity index (χ4v) is 17.5. The summed E-state index contributed by atoms with van der Waals surface area (Å²) in [7, 11) is 0. The standard InChI is InChI=1S/C59H96O27/c1-24-34(63)39(68)43(72)48(80-24)78-21-29-37(66)41(70)44(73)49(82-29)79-22-30-38(67)42(71)46(75)51(83-30)86-53(76)59-16-14-54(2,3)18-26(59)25-8-9-32-55(4)12-11-33(56(5,23-61)31(55)10-13-58(32,7)57(25,6)15-17-59)84-52-47(35(64)27(62)20-77-52)85-50-45(74)40(69)36(65)28(19-60)81-50/h8,24,26-52,60-75H,9-23H2,1-7H3. The quantitative estimate of drug-likeness (QED) is 0.0454. The van der Waals surface area contributed by atoms with Crippen molar-refractivity contribution in [2.45, 2.75) is 266 Å². The van der Waals surface area contributed by atoms with Gasteiger partial charge in [-0.2, -0.15) is 0 Å². The summed E-state index contributed by atoms with van der Waals surface area (Å²) in [6.45, 7) is 12.2. The lowest BCUT2D eigenvalue weighted by atomic mass is 9.33. The zero-order chi connectivity index (χ0) is 62.7. The number of esters is 1. The smallest absolute Gasteiger partial charge is 0.315 e. The van der Waals surface area contributed by atoms with E-state index in [0.29, 0.717) is 57.8 Å². The maximum absolute atomic E-state index is 15.2. The first kappa shape index (κ1) is 67.1. The molecule has 33 atom stereocenters. The van der Waals surface area contributed by atoms with Crippen LogP contribution >= 0.6 is 0 Å². The van der Waals surface area contributed by atoms with Gasteiger partial charge in [-0.05, 0) is 111 Å². The summed E-state index contributed by atoms with van der Waals surface area (Å²) in [6, 6.07) is 0. The molecule has 27 nitrogen and oxygen atoms in total. The largest absolute Gasteiger partial charge is 0.432 e. The number of allylic oxidation sites excluding steroid dienone is 2. The molecule has 0 spiro atoms. The summed E-state index contributed by atoms with van der Waals surface area (Å²) < 4.78 is 59.1. The van der Waals surface area contributed by atoms with Crippen molar-refractivity contribution in [1.29, 1.82) is 0 Å². The number of hydrogen-bond acceptors (Lipinski definition) is 27. The highest BCUT2D eigenvalue weighted by Gasteiger charge is 2.71. The van der Waals surface area contributed by atoms with Crippen molar-refractivity contribution in [3.8, 4) is 0 Å². The van der Waals surface area contributed by atoms with Crippen molar-refractivity contribution in [3.63, 3.8) is 0 Å². The van der Waals surface area contributed by atoms with E-state index >= 15 is 4.79 Å². The van der Waals surface area contributed by atoms with E-state index in [-0.39, 0.29) is 47.2 Å². The minimum absolute atomic E-state index is 0.0953. The summed E-state index contributed by atoms with van der Waals surface area (Å²) in [5.74, 6) is -0.933. The van der Waals surface area contributed by atoms with Crippen molar-refractivity contribution in [3.05, 3.63) is 11.6 Å². The van der Waals surface area contributed by atoms with Crippen LogP contribution in [0.4, 0.5) is 0 Å². The molecule has 10 aliphatic rings. The maximum atomic E-state index is 15.2. The molecule has 0 bridgehead atoms. The minimum atomic E-state index is -1.91. The van der Waals surface area contributed by atoms with Crippen LogP contribution in [0.15, 0.2) is 11.6 Å². The average Bonchev–Trinajstić information content (AvgIpc) is 0.680. The molecule has 27 heteroatoms. The lowest BCUT2D eigenvalue weighted by molar-refractivity contribution is -0.368. The second-order valence-corrected chi connectivity index (χ2v) is 28.5. The summed E-state index contributed by atoms with van der Waals surface area (Å²) in [5, 5.41) is 172. The Morgan fingerprint density at radius 3 is 1.72 bits per heavy atom. The zero-order valence-electron chi connectivity index (χ0n) is 50.0. The van der Waals surface area contributed by atoms with Crippen LogP contribution in [0.25, 0.3) is 0 Å². The molecule has 0 amide bonds. The van der Waals surface area contributed by atoms with Gasteiger partial charge in [0, 0.05) is 5.41 Å². The molecule has 5 aliphatic heterocycles. The van der Waals surface area contributed by atoms with Crippen molar-refractivity contribution >= 4 is 5.97 Å². The normalized spacial score (nSPS) is 54.8. The molecule has 0 aromatic rings. The van der Waals surface area contributed by atoms with Crippen molar-refractivity contribution in [2.24, 2.45) is 50.2 Å². The van der Waals surface area contributed by atoms with Gasteiger partial charge in [0.2, 0.25) is 6.29 Å². The number of rotatable bonds is 14. The molecule has 5 aliphatic carbocycles. The van der Waals surface area contributed by atoms with Gasteiger partial charge in [0.05, 0.1) is 50.7 Å². The van der Waals surface area contributed by atoms with Crippen LogP contribution in [-0.2, 0) is 52.2 Å². The van der Waals surface area contributed by atoms with Gasteiger partial charge < -0.3 is 129 Å². The number of carbonyl (C=O) groups excluding carboxylic acids is 1. The number of aliphatic hydroxyl groups excluding tert-OH is 16. The SMILES string of the molecule is CC1OC(OCC2OC(OCC3OC(OC(=O)C45CCC(C)(C)CC4C4=CCC6C7(C)CCC(OC8OCC(O)C(O)C8OC8OC(CO)C(O)C(O)C8O)C(C)(CO)C7CCC6(C)C4(C)CC5)C(O)C(O)C3O)C(O)C(O)C2O)C(O)C(O)C1O. The summed E-state index contributed by atoms with van der Waals surface area (Å²) >= 11 is 0. The monoisotopic (exact) mass is 1240 g/mol. The van der Waals surface area contributed by atoms with Gasteiger partial charge in [-0.1, -0.05) is 53.2 Å². The summed E-state index contributed by atoms with van der Waals surface area (Å²) in [5.41, 5.74) is -2.06. The molecule has 10 rings (SSSR count). The van der Waals surface area contributed by atoms with Gasteiger partial charge in [-0.3, -0.25) is 4.79 Å². The van der Waals surface area contributed by atoms with E-state index in [1.54, 1.807) is 0 Å². The first-order valence-electron chi connectivity index (χ1n) is 30.8. The van der Waals surface area contributed by atoms with Crippen LogP contribution in [0.1, 0.15) is 113 Å². The number of ether oxygens (including phenoxy) is 10. The third-order valence-corrected chi connectivity index (χ3v) is 23.2. The second kappa shape index (κ2) is 24.9. The Kier molecular flexibility index (Phi) is 19.4. The van der Waals surface area contributed by atoms with Crippen molar-refractivity contribution in [1.82, 2.24) is 0 Å². The molecule has 5 saturated heterocycles. The van der Waals surface area contributed by atoms with E-state index in [1.807, 2.05) is 6.92 Å². The van der Waals surface area contributed by atoms with Gasteiger partial charge in [0.25, 0.3) is 0 Å². The summed E-state index contributed by atoms with van der Waals surface area (Å²) in [4.78, 5) is 15.2. The van der Waals surface area contributed by atoms with E-state index in [4.69, 9.17) is 47.4 Å². The lowest BCUT2D eigenvalue weighted by Crippen LogP contribution is -2.67. The molecule has 86 heavy (non-hydrogen) atoms. The van der Waals surface area contributed by atoms with Crippen LogP contribution in [0, 0.1) is 50.2 Å². The van der Waals surface area contributed by atoms with Crippen LogP contribution in [0.2, 0.25) is 0 Å². The van der Waals surface area contributed by atoms with Crippen molar-refractivity contribution < 1.29 is 134 Å². The van der Waals surface area contributed by atoms with E-state index in [1.165, 1.54) is 12.5 Å². The highest BCUT2D eigenvalue weighted by atomic mass is 16.8. The van der Waals surface area contributed by atoms with E-state index in [2.05, 4.69) is 40.7 Å². The number of hydrogen-bond donors (Lipinski definition) is 16. The lowest BCUT2D eigenvalue weighted by Gasteiger charge is -2.71. The maximum Gasteiger partial charge on any atom is 0.315 e. The first-order chi connectivity index (χ1) is 40.3.